The van der Waals surface area contributed by atoms with Gasteiger partial charge in [-0.25, -0.2) is 0 Å². The molecule has 3 aromatic carbocycles. The van der Waals surface area contributed by atoms with Gasteiger partial charge in [-0.15, -0.1) is 0 Å². The molecule has 34 heavy (non-hydrogen) atoms. The SMILES string of the molecule is COc1ccc2c(c1OC)C(C)(C)N1CCc3cc4c(cc3C1C2Cc1ccccc1)OCO4. The Bertz CT molecular complexity index is 1240. The highest BCUT2D eigenvalue weighted by Gasteiger charge is 2.50. The molecule has 5 heteroatoms. The van der Waals surface area contributed by atoms with E-state index in [-0.39, 0.29) is 17.5 Å². The fourth-order valence-electron chi connectivity index (χ4n) is 6.39. The van der Waals surface area contributed by atoms with Gasteiger partial charge in [-0.1, -0.05) is 36.4 Å². The van der Waals surface area contributed by atoms with E-state index in [1.807, 2.05) is 0 Å². The second-order valence-corrected chi connectivity index (χ2v) is 9.91. The summed E-state index contributed by atoms with van der Waals surface area (Å²) in [4.78, 5) is 2.66. The number of fused-ring (bicyclic) bond motifs is 5. The van der Waals surface area contributed by atoms with E-state index < -0.39 is 0 Å². The molecule has 0 spiro atoms. The van der Waals surface area contributed by atoms with Crippen LogP contribution in [0.3, 0.4) is 0 Å². The Morgan fingerprint density at radius 1 is 0.941 bits per heavy atom. The van der Waals surface area contributed by atoms with E-state index in [1.165, 1.54) is 27.8 Å². The molecule has 0 saturated carbocycles. The first-order valence-corrected chi connectivity index (χ1v) is 12.0. The van der Waals surface area contributed by atoms with Crippen molar-refractivity contribution in [3.63, 3.8) is 0 Å². The van der Waals surface area contributed by atoms with Crippen LogP contribution in [-0.2, 0) is 18.4 Å². The van der Waals surface area contributed by atoms with Gasteiger partial charge in [0.25, 0.3) is 0 Å². The smallest absolute Gasteiger partial charge is 0.231 e. The van der Waals surface area contributed by atoms with Crippen molar-refractivity contribution in [2.45, 2.75) is 44.2 Å². The third kappa shape index (κ3) is 3.10. The highest BCUT2D eigenvalue weighted by Crippen LogP contribution is 2.58. The Hall–Kier alpha value is -3.18. The minimum Gasteiger partial charge on any atom is -0.493 e. The van der Waals surface area contributed by atoms with Gasteiger partial charge in [-0.3, -0.25) is 4.90 Å². The number of nitrogens with zero attached hydrogens (tertiary/aromatic N) is 1. The van der Waals surface area contributed by atoms with Crippen LogP contribution >= 0.6 is 0 Å². The first kappa shape index (κ1) is 21.4. The Balaban J connectivity index is 1.59. The van der Waals surface area contributed by atoms with Crippen LogP contribution in [0.25, 0.3) is 0 Å². The summed E-state index contributed by atoms with van der Waals surface area (Å²) in [6.07, 6.45) is 1.92. The molecule has 6 rings (SSSR count). The number of rotatable bonds is 4. The van der Waals surface area contributed by atoms with Crippen LogP contribution in [-0.4, -0.2) is 32.5 Å². The van der Waals surface area contributed by atoms with Gasteiger partial charge in [0.2, 0.25) is 6.79 Å². The molecule has 0 amide bonds. The molecule has 0 saturated heterocycles. The maximum absolute atomic E-state index is 5.99. The highest BCUT2D eigenvalue weighted by atomic mass is 16.7. The van der Waals surface area contributed by atoms with E-state index in [0.717, 1.165) is 42.4 Å². The minimum atomic E-state index is -0.235. The third-order valence-corrected chi connectivity index (χ3v) is 7.90. The molecule has 3 heterocycles. The summed E-state index contributed by atoms with van der Waals surface area (Å²) in [5.41, 5.74) is 6.38. The predicted molar refractivity (Wildman–Crippen MR) is 131 cm³/mol. The predicted octanol–water partition coefficient (Wildman–Crippen LogP) is 5.61. The molecule has 5 nitrogen and oxygen atoms in total. The third-order valence-electron chi connectivity index (χ3n) is 7.90. The van der Waals surface area contributed by atoms with Gasteiger partial charge in [0.05, 0.1) is 14.2 Å². The maximum atomic E-state index is 5.99. The molecule has 0 radical (unpaired) electrons. The average molecular weight is 458 g/mol. The number of hydrogen-bond donors (Lipinski definition) is 0. The van der Waals surface area contributed by atoms with Crippen LogP contribution in [0.5, 0.6) is 23.0 Å². The van der Waals surface area contributed by atoms with Gasteiger partial charge in [0, 0.05) is 29.6 Å². The molecule has 0 fully saturated rings. The van der Waals surface area contributed by atoms with Crippen LogP contribution < -0.4 is 18.9 Å². The molecular weight excluding hydrogens is 426 g/mol. The first-order chi connectivity index (χ1) is 16.5. The second kappa shape index (κ2) is 7.95. The van der Waals surface area contributed by atoms with E-state index in [2.05, 4.69) is 73.3 Å². The summed E-state index contributed by atoms with van der Waals surface area (Å²) < 4.78 is 23.2. The zero-order chi connectivity index (χ0) is 23.4. The molecule has 2 unspecified atom stereocenters. The van der Waals surface area contributed by atoms with Gasteiger partial charge in [0.1, 0.15) is 0 Å². The van der Waals surface area contributed by atoms with Crippen LogP contribution in [0.4, 0.5) is 0 Å². The van der Waals surface area contributed by atoms with E-state index in [4.69, 9.17) is 18.9 Å². The largest absolute Gasteiger partial charge is 0.493 e. The average Bonchev–Trinajstić information content (AvgIpc) is 3.32. The normalized spacial score (nSPS) is 21.9. The van der Waals surface area contributed by atoms with Gasteiger partial charge in [-0.05, 0) is 67.1 Å². The first-order valence-electron chi connectivity index (χ1n) is 12.0. The van der Waals surface area contributed by atoms with E-state index in [1.54, 1.807) is 14.2 Å². The summed E-state index contributed by atoms with van der Waals surface area (Å²) in [7, 11) is 3.46. The molecular formula is C29H31NO4. The topological polar surface area (TPSA) is 40.2 Å². The molecule has 3 aliphatic heterocycles. The van der Waals surface area contributed by atoms with Crippen LogP contribution in [0, 0.1) is 0 Å². The van der Waals surface area contributed by atoms with Gasteiger partial charge in [0.15, 0.2) is 23.0 Å². The maximum Gasteiger partial charge on any atom is 0.231 e. The van der Waals surface area contributed by atoms with Crippen molar-refractivity contribution in [1.82, 2.24) is 4.90 Å². The number of benzene rings is 3. The fourth-order valence-corrected chi connectivity index (χ4v) is 6.39. The zero-order valence-electron chi connectivity index (χ0n) is 20.3. The van der Waals surface area contributed by atoms with Crippen molar-refractivity contribution in [3.05, 3.63) is 82.4 Å². The number of hydrogen-bond acceptors (Lipinski definition) is 5. The molecule has 2 atom stereocenters. The molecule has 0 N–H and O–H groups in total. The molecule has 0 aromatic heterocycles. The van der Waals surface area contributed by atoms with E-state index >= 15 is 0 Å². The number of methoxy groups -OCH3 is 2. The fraction of sp³-hybridized carbons (Fsp3) is 0.379. The van der Waals surface area contributed by atoms with Crippen molar-refractivity contribution in [2.75, 3.05) is 27.6 Å². The summed E-state index contributed by atoms with van der Waals surface area (Å²) in [5.74, 6) is 3.61. The van der Waals surface area contributed by atoms with Crippen molar-refractivity contribution >= 4 is 0 Å². The summed E-state index contributed by atoms with van der Waals surface area (Å²) in [6.45, 7) is 5.90. The van der Waals surface area contributed by atoms with E-state index in [0.29, 0.717) is 6.79 Å². The lowest BCUT2D eigenvalue weighted by Gasteiger charge is -2.55. The Labute approximate surface area is 201 Å². The van der Waals surface area contributed by atoms with Crippen LogP contribution in [0.1, 0.15) is 53.6 Å². The van der Waals surface area contributed by atoms with Crippen LogP contribution in [0.15, 0.2) is 54.6 Å². The van der Waals surface area contributed by atoms with Crippen molar-refractivity contribution in [3.8, 4) is 23.0 Å². The molecule has 0 aliphatic carbocycles. The number of ether oxygens (including phenoxy) is 4. The molecule has 3 aliphatic rings. The Morgan fingerprint density at radius 2 is 1.71 bits per heavy atom. The lowest BCUT2D eigenvalue weighted by Crippen LogP contribution is -2.53. The molecule has 0 bridgehead atoms. The van der Waals surface area contributed by atoms with Crippen LogP contribution in [0.2, 0.25) is 0 Å². The summed E-state index contributed by atoms with van der Waals surface area (Å²) in [5, 5.41) is 0. The van der Waals surface area contributed by atoms with Gasteiger partial charge < -0.3 is 18.9 Å². The van der Waals surface area contributed by atoms with Crippen molar-refractivity contribution in [2.24, 2.45) is 0 Å². The second-order valence-electron chi connectivity index (χ2n) is 9.91. The lowest BCUT2D eigenvalue weighted by atomic mass is 9.68. The Morgan fingerprint density at radius 3 is 2.44 bits per heavy atom. The van der Waals surface area contributed by atoms with Crippen molar-refractivity contribution in [1.29, 1.82) is 0 Å². The molecule has 176 valence electrons. The van der Waals surface area contributed by atoms with Crippen molar-refractivity contribution < 1.29 is 18.9 Å². The lowest BCUT2D eigenvalue weighted by molar-refractivity contribution is 0.0239. The quantitative estimate of drug-likeness (QED) is 0.510. The molecule has 3 aromatic rings. The zero-order valence-corrected chi connectivity index (χ0v) is 20.3. The van der Waals surface area contributed by atoms with Gasteiger partial charge >= 0.3 is 0 Å². The van der Waals surface area contributed by atoms with Gasteiger partial charge in [-0.2, -0.15) is 0 Å². The summed E-state index contributed by atoms with van der Waals surface area (Å²) >= 11 is 0. The minimum absolute atomic E-state index is 0.221. The summed E-state index contributed by atoms with van der Waals surface area (Å²) in [6, 6.07) is 19.8. The standard InChI is InChI=1S/C29H31NO4/c1-29(2)26-20(10-11-23(31-3)28(26)32-4)22(14-18-8-6-5-7-9-18)27-21-16-25-24(33-17-34-25)15-19(21)12-13-30(27)29/h5-11,15-16,22,27H,12-14,17H2,1-4H3. The highest BCUT2D eigenvalue weighted by molar-refractivity contribution is 5.59. The monoisotopic (exact) mass is 457 g/mol. The Kier molecular flexibility index (Phi) is 4.99. The van der Waals surface area contributed by atoms with E-state index in [9.17, 15) is 0 Å².